The molecule has 0 aliphatic carbocycles. The number of hydrogen-bond acceptors (Lipinski definition) is 3. The third kappa shape index (κ3) is 4.55. The van der Waals surface area contributed by atoms with Crippen LogP contribution in [0.15, 0.2) is 180 Å². The molecular weight excluding hydrogens is 615 g/mol. The van der Waals surface area contributed by atoms with Crippen molar-refractivity contribution in [3.63, 3.8) is 0 Å². The first-order valence-electron chi connectivity index (χ1n) is 16.6. The molecule has 8 aromatic carbocycles. The van der Waals surface area contributed by atoms with Crippen molar-refractivity contribution < 1.29 is 4.42 Å². The maximum atomic E-state index is 6.62. The van der Waals surface area contributed by atoms with Crippen LogP contribution in [-0.4, -0.2) is 0 Å². The monoisotopic (exact) mass is 643 g/mol. The molecule has 2 heterocycles. The summed E-state index contributed by atoms with van der Waals surface area (Å²) in [5.41, 5.74) is 9.84. The highest BCUT2D eigenvalue weighted by Gasteiger charge is 2.21. The van der Waals surface area contributed by atoms with Crippen molar-refractivity contribution in [3.05, 3.63) is 176 Å². The third-order valence-corrected chi connectivity index (χ3v) is 10.8. The molecule has 0 aliphatic heterocycles. The molecule has 0 aliphatic rings. The van der Waals surface area contributed by atoms with E-state index < -0.39 is 0 Å². The Morgan fingerprint density at radius 3 is 2.02 bits per heavy atom. The second kappa shape index (κ2) is 11.2. The molecule has 0 atom stereocenters. The molecule has 0 N–H and O–H groups in total. The van der Waals surface area contributed by atoms with Crippen molar-refractivity contribution in [3.8, 4) is 22.3 Å². The van der Waals surface area contributed by atoms with E-state index in [1.54, 1.807) is 0 Å². The molecule has 2 aromatic heterocycles. The lowest BCUT2D eigenvalue weighted by Crippen LogP contribution is -2.11. The van der Waals surface area contributed by atoms with Gasteiger partial charge in [-0.2, -0.15) is 0 Å². The lowest BCUT2D eigenvalue weighted by Gasteiger charge is -2.28. The summed E-state index contributed by atoms with van der Waals surface area (Å²) >= 11 is 1.85. The van der Waals surface area contributed by atoms with Gasteiger partial charge in [-0.3, -0.25) is 0 Å². The predicted octanol–water partition coefficient (Wildman–Crippen LogP) is 13.9. The van der Waals surface area contributed by atoms with E-state index in [1.807, 2.05) is 11.3 Å². The highest BCUT2D eigenvalue weighted by atomic mass is 32.1. The standard InChI is InChI=1S/C46H29NOS/c1-2-11-30(12-3-1)31-21-24-33(25-22-31)47(34-26-28-44-40(29-34)37-16-7-9-20-43(37)49-44)41-18-8-6-15-36(41)38-17-10-19-42-45(38)39-27-23-32-13-4-5-14-35(32)46(39)48-42/h1-29H. The molecule has 0 unspecified atom stereocenters. The fraction of sp³-hybridized carbons (Fsp3) is 0. The molecule has 10 rings (SSSR count). The first-order valence-corrected chi connectivity index (χ1v) is 17.4. The van der Waals surface area contributed by atoms with Crippen molar-refractivity contribution in [1.82, 2.24) is 0 Å². The Hall–Kier alpha value is -6.16. The smallest absolute Gasteiger partial charge is 0.143 e. The Kier molecular flexibility index (Phi) is 6.39. The Labute approximate surface area is 287 Å². The van der Waals surface area contributed by atoms with Crippen molar-refractivity contribution in [2.45, 2.75) is 0 Å². The Bertz CT molecular complexity index is 2830. The van der Waals surface area contributed by atoms with E-state index in [0.29, 0.717) is 0 Å². The summed E-state index contributed by atoms with van der Waals surface area (Å²) in [7, 11) is 0. The maximum Gasteiger partial charge on any atom is 0.143 e. The van der Waals surface area contributed by atoms with E-state index in [2.05, 4.69) is 181 Å². The van der Waals surface area contributed by atoms with Crippen molar-refractivity contribution in [2.24, 2.45) is 0 Å². The maximum absolute atomic E-state index is 6.62. The molecule has 0 saturated carbocycles. The highest BCUT2D eigenvalue weighted by Crippen LogP contribution is 2.47. The number of rotatable bonds is 5. The number of anilines is 3. The second-order valence-electron chi connectivity index (χ2n) is 12.5. The Morgan fingerprint density at radius 2 is 1.12 bits per heavy atom. The van der Waals surface area contributed by atoms with E-state index in [1.165, 1.54) is 36.7 Å². The van der Waals surface area contributed by atoms with Gasteiger partial charge < -0.3 is 9.32 Å². The van der Waals surface area contributed by atoms with Crippen LogP contribution < -0.4 is 4.90 Å². The van der Waals surface area contributed by atoms with E-state index >= 15 is 0 Å². The molecular formula is C46H29NOS. The highest BCUT2D eigenvalue weighted by molar-refractivity contribution is 7.25. The largest absolute Gasteiger partial charge is 0.455 e. The van der Waals surface area contributed by atoms with Crippen molar-refractivity contribution >= 4 is 81.3 Å². The fourth-order valence-electron chi connectivity index (χ4n) is 7.39. The third-order valence-electron chi connectivity index (χ3n) is 9.67. The van der Waals surface area contributed by atoms with Gasteiger partial charge in [-0.15, -0.1) is 11.3 Å². The summed E-state index contributed by atoms with van der Waals surface area (Å²) in [6, 6.07) is 63.2. The number of para-hydroxylation sites is 1. The lowest BCUT2D eigenvalue weighted by molar-refractivity contribution is 0.673. The zero-order valence-electron chi connectivity index (χ0n) is 26.5. The SMILES string of the molecule is c1ccc(-c2ccc(N(c3ccc4sc5ccccc5c4c3)c3ccccc3-c3cccc4oc5c6ccccc6ccc5c34)cc2)cc1. The van der Waals surface area contributed by atoms with Gasteiger partial charge in [-0.1, -0.05) is 121 Å². The van der Waals surface area contributed by atoms with Crippen LogP contribution in [0.3, 0.4) is 0 Å². The zero-order valence-corrected chi connectivity index (χ0v) is 27.3. The molecule has 0 saturated heterocycles. The fourth-order valence-corrected chi connectivity index (χ4v) is 8.47. The minimum atomic E-state index is 0.892. The van der Waals surface area contributed by atoms with Gasteiger partial charge in [0.05, 0.1) is 5.69 Å². The molecule has 0 bridgehead atoms. The molecule has 2 nitrogen and oxygen atoms in total. The summed E-state index contributed by atoms with van der Waals surface area (Å²) in [5, 5.41) is 7.14. The van der Waals surface area contributed by atoms with Gasteiger partial charge in [0.15, 0.2) is 0 Å². The summed E-state index contributed by atoms with van der Waals surface area (Å²) in [5.74, 6) is 0. The van der Waals surface area contributed by atoms with Crippen LogP contribution in [0.5, 0.6) is 0 Å². The van der Waals surface area contributed by atoms with E-state index in [4.69, 9.17) is 4.42 Å². The molecule has 3 heteroatoms. The van der Waals surface area contributed by atoms with Crippen molar-refractivity contribution in [2.75, 3.05) is 4.90 Å². The molecule has 0 amide bonds. The van der Waals surface area contributed by atoms with Gasteiger partial charge in [0, 0.05) is 53.3 Å². The average molecular weight is 644 g/mol. The van der Waals surface area contributed by atoms with Crippen LogP contribution in [0.4, 0.5) is 17.1 Å². The number of benzene rings is 8. The second-order valence-corrected chi connectivity index (χ2v) is 13.6. The molecule has 0 radical (unpaired) electrons. The van der Waals surface area contributed by atoms with Crippen LogP contribution in [0.25, 0.3) is 75.1 Å². The van der Waals surface area contributed by atoms with E-state index in [0.717, 1.165) is 55.5 Å². The van der Waals surface area contributed by atoms with Crippen LogP contribution >= 0.6 is 11.3 Å². The van der Waals surface area contributed by atoms with E-state index in [-0.39, 0.29) is 0 Å². The van der Waals surface area contributed by atoms with Gasteiger partial charge in [0.1, 0.15) is 11.2 Å². The number of furan rings is 1. The van der Waals surface area contributed by atoms with Crippen LogP contribution in [0.2, 0.25) is 0 Å². The Morgan fingerprint density at radius 1 is 0.429 bits per heavy atom. The number of fused-ring (bicyclic) bond motifs is 8. The number of hydrogen-bond donors (Lipinski definition) is 0. The lowest BCUT2D eigenvalue weighted by atomic mass is 9.96. The summed E-state index contributed by atoms with van der Waals surface area (Å²) in [6.45, 7) is 0. The average Bonchev–Trinajstić information content (AvgIpc) is 3.75. The predicted molar refractivity (Wildman–Crippen MR) is 210 cm³/mol. The molecule has 49 heavy (non-hydrogen) atoms. The number of thiophene rings is 1. The van der Waals surface area contributed by atoms with Gasteiger partial charge >= 0.3 is 0 Å². The topological polar surface area (TPSA) is 16.4 Å². The zero-order chi connectivity index (χ0) is 32.3. The van der Waals surface area contributed by atoms with Gasteiger partial charge in [-0.05, 0) is 76.7 Å². The quantitative estimate of drug-likeness (QED) is 0.186. The first-order chi connectivity index (χ1) is 24.3. The van der Waals surface area contributed by atoms with Crippen LogP contribution in [-0.2, 0) is 0 Å². The van der Waals surface area contributed by atoms with Gasteiger partial charge in [-0.25, -0.2) is 0 Å². The van der Waals surface area contributed by atoms with Crippen molar-refractivity contribution in [1.29, 1.82) is 0 Å². The first kappa shape index (κ1) is 27.9. The minimum Gasteiger partial charge on any atom is -0.455 e. The normalized spacial score (nSPS) is 11.7. The van der Waals surface area contributed by atoms with E-state index in [9.17, 15) is 0 Å². The molecule has 0 fully saturated rings. The Balaban J connectivity index is 1.21. The summed E-state index contributed by atoms with van der Waals surface area (Å²) in [6.07, 6.45) is 0. The van der Waals surface area contributed by atoms with Crippen LogP contribution in [0.1, 0.15) is 0 Å². The summed E-state index contributed by atoms with van der Waals surface area (Å²) < 4.78 is 9.22. The molecule has 0 spiro atoms. The van der Waals surface area contributed by atoms with Gasteiger partial charge in [0.2, 0.25) is 0 Å². The number of nitrogens with zero attached hydrogens (tertiary/aromatic N) is 1. The van der Waals surface area contributed by atoms with Crippen LogP contribution in [0, 0.1) is 0 Å². The molecule has 10 aromatic rings. The minimum absolute atomic E-state index is 0.892. The van der Waals surface area contributed by atoms with Gasteiger partial charge in [0.25, 0.3) is 0 Å². The molecule has 230 valence electrons. The summed E-state index contributed by atoms with van der Waals surface area (Å²) in [4.78, 5) is 2.41.